The van der Waals surface area contributed by atoms with Crippen molar-refractivity contribution in [1.29, 1.82) is 0 Å². The molecule has 0 aromatic heterocycles. The van der Waals surface area contributed by atoms with E-state index in [1.54, 1.807) is 0 Å². The van der Waals surface area contributed by atoms with Gasteiger partial charge in [-0.25, -0.2) is 0 Å². The number of benzene rings is 3. The third-order valence-corrected chi connectivity index (χ3v) is 7.35. The molecule has 0 bridgehead atoms. The van der Waals surface area contributed by atoms with Crippen LogP contribution in [0.2, 0.25) is 0 Å². The topological polar surface area (TPSA) is 46.5 Å². The van der Waals surface area contributed by atoms with Gasteiger partial charge in [0.15, 0.2) is 0 Å². The van der Waals surface area contributed by atoms with Gasteiger partial charge in [0.05, 0.1) is 12.0 Å². The van der Waals surface area contributed by atoms with Crippen molar-refractivity contribution in [1.82, 2.24) is 0 Å². The summed E-state index contributed by atoms with van der Waals surface area (Å²) in [6, 6.07) is 29.8. The predicted molar refractivity (Wildman–Crippen MR) is 125 cm³/mol. The standard InChI is InChI=1S/C26H29O3P/c1-26(2,3)29-25(28)23(24(27)20-13-7-4-8-14-20)19-30(21-15-9-5-10-16-21)22-17-11-6-12-18-22/h4-18,23-24,27H,19H2,1-3H3. The van der Waals surface area contributed by atoms with E-state index in [4.69, 9.17) is 4.74 Å². The second kappa shape index (κ2) is 10.0. The van der Waals surface area contributed by atoms with Crippen molar-refractivity contribution in [2.75, 3.05) is 6.16 Å². The molecule has 1 N–H and O–H groups in total. The van der Waals surface area contributed by atoms with Crippen LogP contribution >= 0.6 is 7.92 Å². The highest BCUT2D eigenvalue weighted by molar-refractivity contribution is 7.73. The van der Waals surface area contributed by atoms with Gasteiger partial charge in [0.25, 0.3) is 0 Å². The van der Waals surface area contributed by atoms with E-state index in [-0.39, 0.29) is 5.97 Å². The lowest BCUT2D eigenvalue weighted by Gasteiger charge is -2.30. The van der Waals surface area contributed by atoms with E-state index in [1.807, 2.05) is 87.5 Å². The molecule has 0 fully saturated rings. The lowest BCUT2D eigenvalue weighted by Crippen LogP contribution is -2.35. The number of ether oxygens (including phenoxy) is 1. The number of aliphatic hydroxyl groups is 1. The second-order valence-corrected chi connectivity index (χ2v) is 10.5. The Morgan fingerprint density at radius 2 is 1.27 bits per heavy atom. The number of esters is 1. The molecule has 3 nitrogen and oxygen atoms in total. The third kappa shape index (κ3) is 6.01. The fourth-order valence-electron chi connectivity index (χ4n) is 3.34. The molecule has 0 saturated carbocycles. The van der Waals surface area contributed by atoms with Crippen LogP contribution in [-0.4, -0.2) is 22.8 Å². The molecule has 4 heteroatoms. The van der Waals surface area contributed by atoms with Gasteiger partial charge in [-0.3, -0.25) is 4.79 Å². The first-order valence-corrected chi connectivity index (χ1v) is 11.7. The lowest BCUT2D eigenvalue weighted by atomic mass is 9.97. The molecule has 0 amide bonds. The van der Waals surface area contributed by atoms with Crippen molar-refractivity contribution < 1.29 is 14.6 Å². The molecule has 3 aromatic carbocycles. The van der Waals surface area contributed by atoms with Crippen LogP contribution in [0.1, 0.15) is 32.4 Å². The third-order valence-electron chi connectivity index (χ3n) is 4.75. The first-order valence-electron chi connectivity index (χ1n) is 10.2. The zero-order valence-corrected chi connectivity index (χ0v) is 18.6. The Balaban J connectivity index is 1.99. The van der Waals surface area contributed by atoms with Crippen molar-refractivity contribution in [3.8, 4) is 0 Å². The molecule has 30 heavy (non-hydrogen) atoms. The first kappa shape index (κ1) is 22.2. The highest BCUT2D eigenvalue weighted by Crippen LogP contribution is 2.40. The molecular formula is C26H29O3P. The molecule has 0 aliphatic carbocycles. The number of hydrogen-bond donors (Lipinski definition) is 1. The zero-order valence-electron chi connectivity index (χ0n) is 17.7. The highest BCUT2D eigenvalue weighted by Gasteiger charge is 2.35. The SMILES string of the molecule is CC(C)(C)OC(=O)C(CP(c1ccccc1)c1ccccc1)C(O)c1ccccc1. The van der Waals surface area contributed by atoms with Crippen LogP contribution in [-0.2, 0) is 9.53 Å². The monoisotopic (exact) mass is 420 g/mol. The smallest absolute Gasteiger partial charge is 0.312 e. The summed E-state index contributed by atoms with van der Waals surface area (Å²) in [6.45, 7) is 5.57. The van der Waals surface area contributed by atoms with Crippen LogP contribution in [0, 0.1) is 5.92 Å². The van der Waals surface area contributed by atoms with Crippen LogP contribution < -0.4 is 10.6 Å². The maximum Gasteiger partial charge on any atom is 0.312 e. The van der Waals surface area contributed by atoms with Gasteiger partial charge in [-0.1, -0.05) is 91.0 Å². The average molecular weight is 420 g/mol. The largest absolute Gasteiger partial charge is 0.460 e. The second-order valence-electron chi connectivity index (χ2n) is 8.28. The van der Waals surface area contributed by atoms with Gasteiger partial charge in [0.1, 0.15) is 5.60 Å². The zero-order chi connectivity index (χ0) is 21.6. The summed E-state index contributed by atoms with van der Waals surface area (Å²) in [5.41, 5.74) is 0.109. The van der Waals surface area contributed by atoms with Crippen molar-refractivity contribution in [2.45, 2.75) is 32.5 Å². The Morgan fingerprint density at radius 3 is 1.70 bits per heavy atom. The van der Waals surface area contributed by atoms with Gasteiger partial charge >= 0.3 is 5.97 Å². The molecule has 0 spiro atoms. The summed E-state index contributed by atoms with van der Waals surface area (Å²) in [6.07, 6.45) is -0.424. The van der Waals surface area contributed by atoms with E-state index in [1.165, 1.54) is 10.6 Å². The Bertz CT molecular complexity index is 881. The van der Waals surface area contributed by atoms with Crippen LogP contribution in [0.5, 0.6) is 0 Å². The van der Waals surface area contributed by atoms with Crippen molar-refractivity contribution in [2.24, 2.45) is 5.92 Å². The summed E-state index contributed by atoms with van der Waals surface area (Å²) in [7, 11) is -0.848. The van der Waals surface area contributed by atoms with Gasteiger partial charge < -0.3 is 9.84 Å². The normalized spacial score (nSPS) is 13.6. The number of carbonyl (C=O) groups is 1. The van der Waals surface area contributed by atoms with Crippen LogP contribution in [0.15, 0.2) is 91.0 Å². The minimum absolute atomic E-state index is 0.363. The van der Waals surface area contributed by atoms with E-state index in [0.717, 1.165) is 5.56 Å². The van der Waals surface area contributed by atoms with Gasteiger partial charge in [-0.15, -0.1) is 0 Å². The minimum atomic E-state index is -0.932. The molecule has 3 rings (SSSR count). The van der Waals surface area contributed by atoms with Crippen LogP contribution in [0.3, 0.4) is 0 Å². The van der Waals surface area contributed by atoms with Crippen molar-refractivity contribution in [3.05, 3.63) is 96.6 Å². The van der Waals surface area contributed by atoms with Gasteiger partial charge in [-0.05, 0) is 51.0 Å². The number of carbonyl (C=O) groups excluding carboxylic acids is 1. The fourth-order valence-corrected chi connectivity index (χ4v) is 5.86. The minimum Gasteiger partial charge on any atom is -0.460 e. The molecule has 156 valence electrons. The van der Waals surface area contributed by atoms with Crippen molar-refractivity contribution >= 4 is 24.5 Å². The molecule has 0 heterocycles. The van der Waals surface area contributed by atoms with E-state index >= 15 is 0 Å². The molecule has 0 radical (unpaired) electrons. The van der Waals surface area contributed by atoms with Gasteiger partial charge in [-0.2, -0.15) is 0 Å². The van der Waals surface area contributed by atoms with Crippen LogP contribution in [0.4, 0.5) is 0 Å². The van der Waals surface area contributed by atoms with Gasteiger partial charge in [0, 0.05) is 0 Å². The molecule has 0 aliphatic heterocycles. The Hall–Kier alpha value is -2.48. The maximum absolute atomic E-state index is 13.2. The quantitative estimate of drug-likeness (QED) is 0.441. The molecule has 3 aromatic rings. The summed E-state index contributed by atoms with van der Waals surface area (Å²) >= 11 is 0. The summed E-state index contributed by atoms with van der Waals surface area (Å²) in [5.74, 6) is -1.03. The number of hydrogen-bond acceptors (Lipinski definition) is 3. The average Bonchev–Trinajstić information content (AvgIpc) is 2.74. The Morgan fingerprint density at radius 1 is 0.833 bits per heavy atom. The summed E-state index contributed by atoms with van der Waals surface area (Å²) < 4.78 is 5.73. The Kier molecular flexibility index (Phi) is 7.42. The number of aliphatic hydroxyl groups excluding tert-OH is 1. The van der Waals surface area contributed by atoms with Crippen LogP contribution in [0.25, 0.3) is 0 Å². The summed E-state index contributed by atoms with van der Waals surface area (Å²) in [5, 5.41) is 13.5. The van der Waals surface area contributed by atoms with E-state index < -0.39 is 25.5 Å². The first-order chi connectivity index (χ1) is 14.3. The van der Waals surface area contributed by atoms with E-state index in [9.17, 15) is 9.90 Å². The predicted octanol–water partition coefficient (Wildman–Crippen LogP) is 4.81. The molecule has 2 atom stereocenters. The van der Waals surface area contributed by atoms with Crippen molar-refractivity contribution in [3.63, 3.8) is 0 Å². The fraction of sp³-hybridized carbons (Fsp3) is 0.269. The molecule has 0 saturated heterocycles. The lowest BCUT2D eigenvalue weighted by molar-refractivity contribution is -0.163. The maximum atomic E-state index is 13.2. The number of rotatable bonds is 7. The highest BCUT2D eigenvalue weighted by atomic mass is 31.1. The summed E-state index contributed by atoms with van der Waals surface area (Å²) in [4.78, 5) is 13.2. The van der Waals surface area contributed by atoms with Gasteiger partial charge in [0.2, 0.25) is 0 Å². The molecular weight excluding hydrogens is 391 g/mol. The van der Waals surface area contributed by atoms with E-state index in [0.29, 0.717) is 6.16 Å². The Labute approximate surface area is 180 Å². The molecule has 2 unspecified atom stereocenters. The molecule has 0 aliphatic rings. The van der Waals surface area contributed by atoms with E-state index in [2.05, 4.69) is 24.3 Å².